The summed E-state index contributed by atoms with van der Waals surface area (Å²) in [6.45, 7) is 2.45. The molecule has 2 aromatic rings. The molecule has 0 spiro atoms. The second-order valence-electron chi connectivity index (χ2n) is 3.93. The first-order chi connectivity index (χ1) is 9.13. The Morgan fingerprint density at radius 1 is 1.42 bits per heavy atom. The highest BCUT2D eigenvalue weighted by Gasteiger charge is 2.16. The van der Waals surface area contributed by atoms with Crippen molar-refractivity contribution in [2.75, 3.05) is 6.61 Å². The molecule has 19 heavy (non-hydrogen) atoms. The molecule has 5 heteroatoms. The molecule has 0 aliphatic heterocycles. The van der Waals surface area contributed by atoms with Gasteiger partial charge in [-0.25, -0.2) is 0 Å². The van der Waals surface area contributed by atoms with E-state index in [-0.39, 0.29) is 0 Å². The van der Waals surface area contributed by atoms with Crippen molar-refractivity contribution in [3.63, 3.8) is 0 Å². The van der Waals surface area contributed by atoms with Crippen LogP contribution >= 0.6 is 27.5 Å². The molecule has 1 heterocycles. The summed E-state index contributed by atoms with van der Waals surface area (Å²) in [6.07, 6.45) is 2.38. The quantitative estimate of drug-likeness (QED) is 0.914. The van der Waals surface area contributed by atoms with E-state index in [0.717, 1.165) is 4.47 Å². The molecule has 1 unspecified atom stereocenters. The van der Waals surface area contributed by atoms with Gasteiger partial charge in [-0.3, -0.25) is 4.98 Å². The van der Waals surface area contributed by atoms with Crippen LogP contribution in [0.25, 0.3) is 0 Å². The van der Waals surface area contributed by atoms with Crippen molar-refractivity contribution in [3.8, 4) is 5.75 Å². The van der Waals surface area contributed by atoms with Crippen LogP contribution in [0.4, 0.5) is 0 Å². The van der Waals surface area contributed by atoms with Crippen molar-refractivity contribution in [1.82, 2.24) is 4.98 Å². The molecule has 0 amide bonds. The molecule has 0 aliphatic rings. The highest BCUT2D eigenvalue weighted by Crippen LogP contribution is 2.33. The Morgan fingerprint density at radius 3 is 2.95 bits per heavy atom. The second kappa shape index (κ2) is 6.37. The molecule has 0 bridgehead atoms. The van der Waals surface area contributed by atoms with Crippen LogP contribution in [-0.4, -0.2) is 16.7 Å². The first-order valence-corrected chi connectivity index (χ1v) is 7.00. The van der Waals surface area contributed by atoms with Gasteiger partial charge in [-0.1, -0.05) is 23.7 Å². The normalized spacial score (nSPS) is 12.2. The lowest BCUT2D eigenvalue weighted by Crippen LogP contribution is -2.02. The third-order valence-electron chi connectivity index (χ3n) is 2.64. The zero-order chi connectivity index (χ0) is 13.8. The smallest absolute Gasteiger partial charge is 0.137 e. The maximum atomic E-state index is 10.4. The number of aliphatic hydroxyl groups excluding tert-OH is 1. The zero-order valence-electron chi connectivity index (χ0n) is 10.3. The van der Waals surface area contributed by atoms with Gasteiger partial charge in [0.15, 0.2) is 0 Å². The van der Waals surface area contributed by atoms with Gasteiger partial charge in [0.25, 0.3) is 0 Å². The highest BCUT2D eigenvalue weighted by atomic mass is 79.9. The Morgan fingerprint density at radius 2 is 2.21 bits per heavy atom. The molecule has 1 N–H and O–H groups in total. The fraction of sp³-hybridized carbons (Fsp3) is 0.214. The van der Waals surface area contributed by atoms with E-state index in [1.165, 1.54) is 0 Å². The number of aliphatic hydroxyl groups is 1. The number of halogens is 2. The first kappa shape index (κ1) is 14.3. The number of ether oxygens (including phenoxy) is 1. The minimum atomic E-state index is -0.835. The largest absolute Gasteiger partial charge is 0.492 e. The van der Waals surface area contributed by atoms with Crippen LogP contribution in [0, 0.1) is 0 Å². The summed E-state index contributed by atoms with van der Waals surface area (Å²) >= 11 is 9.52. The van der Waals surface area contributed by atoms with Crippen LogP contribution < -0.4 is 4.74 Å². The van der Waals surface area contributed by atoms with Gasteiger partial charge in [0.2, 0.25) is 0 Å². The third kappa shape index (κ3) is 3.26. The van der Waals surface area contributed by atoms with Gasteiger partial charge in [0.1, 0.15) is 11.9 Å². The SMILES string of the molecule is CCOc1cncc(C(O)c2cccc(Br)c2Cl)c1. The second-order valence-corrected chi connectivity index (χ2v) is 5.16. The van der Waals surface area contributed by atoms with Crippen LogP contribution in [0.1, 0.15) is 24.2 Å². The molecular formula is C14H13BrClNO2. The molecule has 1 aromatic carbocycles. The van der Waals surface area contributed by atoms with Crippen molar-refractivity contribution >= 4 is 27.5 Å². The summed E-state index contributed by atoms with van der Waals surface area (Å²) in [6, 6.07) is 7.20. The number of rotatable bonds is 4. The predicted octanol–water partition coefficient (Wildman–Crippen LogP) is 3.98. The average Bonchev–Trinajstić information content (AvgIpc) is 2.42. The minimum absolute atomic E-state index is 0.497. The number of benzene rings is 1. The summed E-state index contributed by atoms with van der Waals surface area (Å²) < 4.78 is 6.12. The Balaban J connectivity index is 2.35. The molecule has 0 saturated carbocycles. The molecule has 100 valence electrons. The molecule has 1 aromatic heterocycles. The van der Waals surface area contributed by atoms with Gasteiger partial charge in [0.05, 0.1) is 17.8 Å². The topological polar surface area (TPSA) is 42.4 Å². The van der Waals surface area contributed by atoms with E-state index in [2.05, 4.69) is 20.9 Å². The lowest BCUT2D eigenvalue weighted by Gasteiger charge is -2.14. The van der Waals surface area contributed by atoms with E-state index in [0.29, 0.717) is 28.5 Å². The lowest BCUT2D eigenvalue weighted by molar-refractivity contribution is 0.219. The summed E-state index contributed by atoms with van der Waals surface area (Å²) in [5.41, 5.74) is 1.28. The molecular weight excluding hydrogens is 330 g/mol. The van der Waals surface area contributed by atoms with Crippen molar-refractivity contribution in [2.24, 2.45) is 0 Å². The zero-order valence-corrected chi connectivity index (χ0v) is 12.6. The highest BCUT2D eigenvalue weighted by molar-refractivity contribution is 9.10. The molecule has 1 atom stereocenters. The molecule has 0 saturated heterocycles. The number of hydrogen-bond acceptors (Lipinski definition) is 3. The number of nitrogens with zero attached hydrogens (tertiary/aromatic N) is 1. The molecule has 0 aliphatic carbocycles. The first-order valence-electron chi connectivity index (χ1n) is 5.83. The Hall–Kier alpha value is -1.10. The molecule has 3 nitrogen and oxygen atoms in total. The Labute approximate surface area is 125 Å². The van der Waals surface area contributed by atoms with Crippen LogP contribution in [0.2, 0.25) is 5.02 Å². The van der Waals surface area contributed by atoms with E-state index in [9.17, 15) is 5.11 Å². The predicted molar refractivity (Wildman–Crippen MR) is 78.6 cm³/mol. The van der Waals surface area contributed by atoms with E-state index in [1.54, 1.807) is 24.5 Å². The summed E-state index contributed by atoms with van der Waals surface area (Å²) in [4.78, 5) is 4.06. The van der Waals surface area contributed by atoms with Gasteiger partial charge in [-0.05, 0) is 35.0 Å². The third-order valence-corrected chi connectivity index (χ3v) is 3.95. The van der Waals surface area contributed by atoms with Crippen molar-refractivity contribution in [1.29, 1.82) is 0 Å². The fourth-order valence-corrected chi connectivity index (χ4v) is 2.35. The maximum absolute atomic E-state index is 10.4. The van der Waals surface area contributed by atoms with Crippen LogP contribution in [0.15, 0.2) is 41.1 Å². The Kier molecular flexibility index (Phi) is 4.80. The number of aromatic nitrogens is 1. The van der Waals surface area contributed by atoms with E-state index in [1.807, 2.05) is 19.1 Å². The average molecular weight is 343 g/mol. The fourth-order valence-electron chi connectivity index (χ4n) is 1.74. The summed E-state index contributed by atoms with van der Waals surface area (Å²) in [7, 11) is 0. The molecule has 2 rings (SSSR count). The van der Waals surface area contributed by atoms with E-state index < -0.39 is 6.10 Å². The number of pyridine rings is 1. The van der Waals surface area contributed by atoms with Gasteiger partial charge in [0, 0.05) is 21.8 Å². The minimum Gasteiger partial charge on any atom is -0.492 e. The lowest BCUT2D eigenvalue weighted by atomic mass is 10.0. The Bertz CT molecular complexity index is 577. The monoisotopic (exact) mass is 341 g/mol. The van der Waals surface area contributed by atoms with Gasteiger partial charge >= 0.3 is 0 Å². The molecule has 0 fully saturated rings. The van der Waals surface area contributed by atoms with Crippen LogP contribution in [-0.2, 0) is 0 Å². The maximum Gasteiger partial charge on any atom is 0.137 e. The molecule has 0 radical (unpaired) electrons. The van der Waals surface area contributed by atoms with Crippen molar-refractivity contribution < 1.29 is 9.84 Å². The van der Waals surface area contributed by atoms with E-state index >= 15 is 0 Å². The van der Waals surface area contributed by atoms with Crippen molar-refractivity contribution in [2.45, 2.75) is 13.0 Å². The van der Waals surface area contributed by atoms with E-state index in [4.69, 9.17) is 16.3 Å². The van der Waals surface area contributed by atoms with Crippen LogP contribution in [0.5, 0.6) is 5.75 Å². The van der Waals surface area contributed by atoms with Gasteiger partial charge in [-0.2, -0.15) is 0 Å². The summed E-state index contributed by atoms with van der Waals surface area (Å²) in [5, 5.41) is 10.9. The summed E-state index contributed by atoms with van der Waals surface area (Å²) in [5.74, 6) is 0.630. The standard InChI is InChI=1S/C14H13BrClNO2/c1-2-19-10-6-9(7-17-8-10)14(18)11-4-3-5-12(15)13(11)16/h3-8,14,18H,2H2,1H3. The van der Waals surface area contributed by atoms with Crippen LogP contribution in [0.3, 0.4) is 0 Å². The van der Waals surface area contributed by atoms with Gasteiger partial charge < -0.3 is 9.84 Å². The number of hydrogen-bond donors (Lipinski definition) is 1. The van der Waals surface area contributed by atoms with Crippen molar-refractivity contribution in [3.05, 3.63) is 57.3 Å². The van der Waals surface area contributed by atoms with Gasteiger partial charge in [-0.15, -0.1) is 0 Å².